The molecule has 1 heterocycles. The van der Waals surface area contributed by atoms with Crippen LogP contribution >= 0.6 is 15.9 Å². The number of aromatic nitrogens is 2. The minimum atomic E-state index is 0.0780. The van der Waals surface area contributed by atoms with Gasteiger partial charge in [0.25, 0.3) is 0 Å². The van der Waals surface area contributed by atoms with E-state index >= 15 is 0 Å². The summed E-state index contributed by atoms with van der Waals surface area (Å²) in [5, 5.41) is 14.0. The van der Waals surface area contributed by atoms with Crippen LogP contribution in [0.3, 0.4) is 0 Å². The predicted octanol–water partition coefficient (Wildman–Crippen LogP) is 3.88. The second-order valence-electron chi connectivity index (χ2n) is 4.76. The SMILES string of the molecule is CCOc1cc(/C=N/Nc2nc3ccccc3[nH]2)cc(Br)c1O. The molecule has 0 saturated heterocycles. The summed E-state index contributed by atoms with van der Waals surface area (Å²) in [7, 11) is 0. The van der Waals surface area contributed by atoms with Crippen molar-refractivity contribution < 1.29 is 9.84 Å². The number of nitrogens with zero attached hydrogens (tertiary/aromatic N) is 2. The number of aromatic amines is 1. The van der Waals surface area contributed by atoms with Crippen LogP contribution < -0.4 is 10.2 Å². The van der Waals surface area contributed by atoms with Gasteiger partial charge >= 0.3 is 0 Å². The molecule has 0 unspecified atom stereocenters. The fourth-order valence-electron chi connectivity index (χ4n) is 2.11. The molecule has 7 heteroatoms. The number of phenols is 1. The first kappa shape index (κ1) is 15.4. The van der Waals surface area contributed by atoms with Crippen molar-refractivity contribution in [3.63, 3.8) is 0 Å². The van der Waals surface area contributed by atoms with E-state index in [9.17, 15) is 5.11 Å². The maximum absolute atomic E-state index is 9.89. The molecular formula is C16H15BrN4O2. The zero-order valence-electron chi connectivity index (χ0n) is 12.4. The summed E-state index contributed by atoms with van der Waals surface area (Å²) in [6.45, 7) is 2.33. The molecule has 0 aliphatic heterocycles. The number of hydrogen-bond acceptors (Lipinski definition) is 5. The highest BCUT2D eigenvalue weighted by atomic mass is 79.9. The molecule has 3 rings (SSSR count). The lowest BCUT2D eigenvalue weighted by atomic mass is 10.2. The first-order valence-electron chi connectivity index (χ1n) is 7.06. The number of halogens is 1. The van der Waals surface area contributed by atoms with E-state index in [1.165, 1.54) is 0 Å². The number of rotatable bonds is 5. The van der Waals surface area contributed by atoms with Gasteiger partial charge in [-0.25, -0.2) is 10.4 Å². The number of H-pyrrole nitrogens is 1. The molecule has 0 spiro atoms. The molecule has 0 amide bonds. The molecule has 0 saturated carbocycles. The summed E-state index contributed by atoms with van der Waals surface area (Å²) in [5.74, 6) is 1.05. The molecule has 0 fully saturated rings. The Hall–Kier alpha value is -2.54. The first-order valence-corrected chi connectivity index (χ1v) is 7.86. The summed E-state index contributed by atoms with van der Waals surface area (Å²) < 4.78 is 5.93. The Morgan fingerprint density at radius 1 is 1.39 bits per heavy atom. The standard InChI is InChI=1S/C16H15BrN4O2/c1-2-23-14-8-10(7-11(17)15(14)22)9-18-21-16-19-12-5-3-4-6-13(12)20-16/h3-9,22H,2H2,1H3,(H2,19,20,21)/b18-9+. The number of phenolic OH excluding ortho intramolecular Hbond substituents is 1. The Bertz CT molecular complexity index is 827. The van der Waals surface area contributed by atoms with Gasteiger partial charge in [0.2, 0.25) is 5.95 Å². The van der Waals surface area contributed by atoms with Crippen LogP contribution in [0.25, 0.3) is 11.0 Å². The summed E-state index contributed by atoms with van der Waals surface area (Å²) in [4.78, 5) is 7.49. The van der Waals surface area contributed by atoms with Gasteiger partial charge in [-0.05, 0) is 52.7 Å². The van der Waals surface area contributed by atoms with Gasteiger partial charge in [0.05, 0.1) is 28.3 Å². The molecule has 0 atom stereocenters. The predicted molar refractivity (Wildman–Crippen MR) is 94.3 cm³/mol. The fraction of sp³-hybridized carbons (Fsp3) is 0.125. The van der Waals surface area contributed by atoms with Gasteiger partial charge in [0.15, 0.2) is 11.5 Å². The van der Waals surface area contributed by atoms with E-state index in [1.807, 2.05) is 31.2 Å². The maximum Gasteiger partial charge on any atom is 0.222 e. The molecule has 3 N–H and O–H groups in total. The molecule has 3 aromatic rings. The van der Waals surface area contributed by atoms with Crippen LogP contribution in [0.2, 0.25) is 0 Å². The number of aromatic hydroxyl groups is 1. The molecular weight excluding hydrogens is 360 g/mol. The Kier molecular flexibility index (Phi) is 4.47. The highest BCUT2D eigenvalue weighted by molar-refractivity contribution is 9.10. The van der Waals surface area contributed by atoms with Gasteiger partial charge in [-0.3, -0.25) is 0 Å². The van der Waals surface area contributed by atoms with Crippen LogP contribution in [0.5, 0.6) is 11.5 Å². The Morgan fingerprint density at radius 2 is 2.22 bits per heavy atom. The summed E-state index contributed by atoms with van der Waals surface area (Å²) in [6, 6.07) is 11.2. The zero-order valence-corrected chi connectivity index (χ0v) is 14.0. The van der Waals surface area contributed by atoms with E-state index in [0.717, 1.165) is 16.6 Å². The molecule has 0 radical (unpaired) electrons. The lowest BCUT2D eigenvalue weighted by Gasteiger charge is -2.08. The number of imidazole rings is 1. The van der Waals surface area contributed by atoms with E-state index < -0.39 is 0 Å². The van der Waals surface area contributed by atoms with Crippen molar-refractivity contribution >= 4 is 39.1 Å². The van der Waals surface area contributed by atoms with Crippen LogP contribution in [-0.2, 0) is 0 Å². The molecule has 118 valence electrons. The smallest absolute Gasteiger partial charge is 0.222 e. The quantitative estimate of drug-likeness (QED) is 0.467. The number of para-hydroxylation sites is 2. The van der Waals surface area contributed by atoms with Gasteiger partial charge in [-0.1, -0.05) is 12.1 Å². The van der Waals surface area contributed by atoms with E-state index in [0.29, 0.717) is 22.8 Å². The van der Waals surface area contributed by atoms with Crippen molar-refractivity contribution in [3.8, 4) is 11.5 Å². The number of benzene rings is 2. The normalized spacial score (nSPS) is 11.2. The van der Waals surface area contributed by atoms with Crippen LogP contribution in [0.15, 0.2) is 46.0 Å². The molecule has 0 aliphatic rings. The number of hydrazone groups is 1. The Morgan fingerprint density at radius 3 is 3.00 bits per heavy atom. The molecule has 0 aliphatic carbocycles. The van der Waals surface area contributed by atoms with Crippen LogP contribution in [0, 0.1) is 0 Å². The van der Waals surface area contributed by atoms with Crippen LogP contribution in [-0.4, -0.2) is 27.9 Å². The van der Waals surface area contributed by atoms with Crippen molar-refractivity contribution in [2.24, 2.45) is 5.10 Å². The largest absolute Gasteiger partial charge is 0.503 e. The van der Waals surface area contributed by atoms with E-state index in [1.54, 1.807) is 18.3 Å². The number of anilines is 1. The molecule has 23 heavy (non-hydrogen) atoms. The average Bonchev–Trinajstić information content (AvgIpc) is 2.95. The zero-order chi connectivity index (χ0) is 16.2. The van der Waals surface area contributed by atoms with E-state index in [2.05, 4.69) is 36.4 Å². The summed E-state index contributed by atoms with van der Waals surface area (Å²) in [5.41, 5.74) is 5.44. The second-order valence-corrected chi connectivity index (χ2v) is 5.61. The molecule has 6 nitrogen and oxygen atoms in total. The van der Waals surface area contributed by atoms with Crippen molar-refractivity contribution in [2.75, 3.05) is 12.0 Å². The third kappa shape index (κ3) is 3.45. The van der Waals surface area contributed by atoms with Crippen molar-refractivity contribution in [2.45, 2.75) is 6.92 Å². The van der Waals surface area contributed by atoms with Gasteiger partial charge in [-0.15, -0.1) is 0 Å². The minimum Gasteiger partial charge on any atom is -0.503 e. The van der Waals surface area contributed by atoms with Crippen molar-refractivity contribution in [1.29, 1.82) is 0 Å². The lowest BCUT2D eigenvalue weighted by molar-refractivity contribution is 0.317. The average molecular weight is 375 g/mol. The maximum atomic E-state index is 9.89. The molecule has 1 aromatic heterocycles. The lowest BCUT2D eigenvalue weighted by Crippen LogP contribution is -1.95. The number of fused-ring (bicyclic) bond motifs is 1. The number of hydrogen-bond donors (Lipinski definition) is 3. The Balaban J connectivity index is 1.77. The molecule has 2 aromatic carbocycles. The first-order chi connectivity index (χ1) is 11.2. The fourth-order valence-corrected chi connectivity index (χ4v) is 2.57. The van der Waals surface area contributed by atoms with E-state index in [-0.39, 0.29) is 5.75 Å². The monoisotopic (exact) mass is 374 g/mol. The third-order valence-electron chi connectivity index (χ3n) is 3.12. The van der Waals surface area contributed by atoms with E-state index in [4.69, 9.17) is 4.74 Å². The van der Waals surface area contributed by atoms with Gasteiger partial charge in [-0.2, -0.15) is 5.10 Å². The van der Waals surface area contributed by atoms with Crippen LogP contribution in [0.1, 0.15) is 12.5 Å². The highest BCUT2D eigenvalue weighted by Gasteiger charge is 2.08. The van der Waals surface area contributed by atoms with Gasteiger partial charge < -0.3 is 14.8 Å². The van der Waals surface area contributed by atoms with Crippen molar-refractivity contribution in [1.82, 2.24) is 9.97 Å². The second kappa shape index (κ2) is 6.70. The Labute approximate surface area is 141 Å². The minimum absolute atomic E-state index is 0.0780. The van der Waals surface area contributed by atoms with Crippen molar-refractivity contribution in [3.05, 3.63) is 46.4 Å². The highest BCUT2D eigenvalue weighted by Crippen LogP contribution is 2.35. The van der Waals surface area contributed by atoms with Crippen LogP contribution in [0.4, 0.5) is 5.95 Å². The molecule has 0 bridgehead atoms. The third-order valence-corrected chi connectivity index (χ3v) is 3.73. The van der Waals surface area contributed by atoms with Gasteiger partial charge in [0.1, 0.15) is 0 Å². The van der Waals surface area contributed by atoms with Gasteiger partial charge in [0, 0.05) is 0 Å². The number of nitrogens with one attached hydrogen (secondary N) is 2. The topological polar surface area (TPSA) is 82.5 Å². The summed E-state index contributed by atoms with van der Waals surface area (Å²) in [6.07, 6.45) is 1.62. The number of ether oxygens (including phenoxy) is 1. The summed E-state index contributed by atoms with van der Waals surface area (Å²) >= 11 is 3.30.